The summed E-state index contributed by atoms with van der Waals surface area (Å²) in [5.41, 5.74) is 0.611. The molecule has 1 saturated heterocycles. The summed E-state index contributed by atoms with van der Waals surface area (Å²) in [5, 5.41) is 9.56. The van der Waals surface area contributed by atoms with Gasteiger partial charge in [0.15, 0.2) is 5.78 Å². The molecule has 20 heavy (non-hydrogen) atoms. The number of piperidine rings is 1. The van der Waals surface area contributed by atoms with Crippen LogP contribution in [-0.4, -0.2) is 49.1 Å². The summed E-state index contributed by atoms with van der Waals surface area (Å²) >= 11 is 6.04. The number of hydrogen-bond acceptors (Lipinski definition) is 4. The molecule has 1 heterocycles. The van der Waals surface area contributed by atoms with E-state index in [1.54, 1.807) is 25.3 Å². The van der Waals surface area contributed by atoms with Gasteiger partial charge >= 0.3 is 0 Å². The van der Waals surface area contributed by atoms with Crippen LogP contribution in [0.25, 0.3) is 0 Å². The van der Waals surface area contributed by atoms with Crippen LogP contribution < -0.4 is 4.74 Å². The fourth-order valence-electron chi connectivity index (χ4n) is 2.46. The second-order valence-corrected chi connectivity index (χ2v) is 5.58. The first-order valence-electron chi connectivity index (χ1n) is 6.84. The highest BCUT2D eigenvalue weighted by atomic mass is 35.5. The summed E-state index contributed by atoms with van der Waals surface area (Å²) in [7, 11) is 1.55. The number of carbonyl (C=O) groups is 1. The van der Waals surface area contributed by atoms with E-state index in [9.17, 15) is 4.79 Å². The first kappa shape index (κ1) is 15.3. The Morgan fingerprint density at radius 2 is 2.15 bits per heavy atom. The van der Waals surface area contributed by atoms with Gasteiger partial charge < -0.3 is 9.84 Å². The number of Topliss-reactive ketones (excluding diaryl/α,β-unsaturated/α-hetero) is 1. The predicted octanol–water partition coefficient (Wildman–Crippen LogP) is 2.24. The third-order valence-electron chi connectivity index (χ3n) is 3.81. The van der Waals surface area contributed by atoms with Crippen molar-refractivity contribution in [3.8, 4) is 5.75 Å². The molecule has 0 amide bonds. The average Bonchev–Trinajstić information content (AvgIpc) is 2.48. The van der Waals surface area contributed by atoms with E-state index in [0.29, 0.717) is 28.8 Å². The number of ether oxygens (including phenoxy) is 1. The van der Waals surface area contributed by atoms with Crippen LogP contribution in [0.15, 0.2) is 18.2 Å². The van der Waals surface area contributed by atoms with Crippen molar-refractivity contribution >= 4 is 17.4 Å². The highest BCUT2D eigenvalue weighted by Gasteiger charge is 2.21. The third kappa shape index (κ3) is 3.72. The molecule has 0 unspecified atom stereocenters. The molecule has 1 fully saturated rings. The van der Waals surface area contributed by atoms with Gasteiger partial charge in [-0.3, -0.25) is 9.69 Å². The summed E-state index contributed by atoms with van der Waals surface area (Å²) in [5.74, 6) is 1.03. The Kier molecular flexibility index (Phi) is 5.40. The Bertz CT molecular complexity index is 470. The van der Waals surface area contributed by atoms with Crippen molar-refractivity contribution in [2.45, 2.75) is 12.8 Å². The van der Waals surface area contributed by atoms with Crippen molar-refractivity contribution in [1.82, 2.24) is 4.90 Å². The summed E-state index contributed by atoms with van der Waals surface area (Å²) in [4.78, 5) is 14.4. The van der Waals surface area contributed by atoms with Gasteiger partial charge in [0.05, 0.1) is 18.7 Å². The monoisotopic (exact) mass is 297 g/mol. The molecule has 1 aliphatic heterocycles. The van der Waals surface area contributed by atoms with Crippen molar-refractivity contribution < 1.29 is 14.6 Å². The van der Waals surface area contributed by atoms with Gasteiger partial charge in [-0.05, 0) is 50.0 Å². The van der Waals surface area contributed by atoms with Gasteiger partial charge in [0.1, 0.15) is 5.75 Å². The van der Waals surface area contributed by atoms with Crippen molar-refractivity contribution in [3.05, 3.63) is 28.8 Å². The standard InChI is InChI=1S/C15H20ClNO3/c1-20-15-3-2-12(8-13(15)16)14(19)9-17-6-4-11(10-18)5-7-17/h2-3,8,11,18H,4-7,9-10H2,1H3. The number of benzene rings is 1. The van der Waals surface area contributed by atoms with Crippen LogP contribution in [0.1, 0.15) is 23.2 Å². The molecular formula is C15H20ClNO3. The van der Waals surface area contributed by atoms with E-state index in [2.05, 4.69) is 4.90 Å². The van der Waals surface area contributed by atoms with Crippen LogP contribution in [0.2, 0.25) is 5.02 Å². The highest BCUT2D eigenvalue weighted by molar-refractivity contribution is 6.32. The highest BCUT2D eigenvalue weighted by Crippen LogP contribution is 2.25. The van der Waals surface area contributed by atoms with Gasteiger partial charge in [0.25, 0.3) is 0 Å². The number of carbonyl (C=O) groups excluding carboxylic acids is 1. The summed E-state index contributed by atoms with van der Waals surface area (Å²) in [6, 6.07) is 5.12. The molecule has 0 radical (unpaired) electrons. The Balaban J connectivity index is 1.93. The van der Waals surface area contributed by atoms with Crippen LogP contribution in [0.5, 0.6) is 5.75 Å². The quantitative estimate of drug-likeness (QED) is 0.847. The summed E-state index contributed by atoms with van der Waals surface area (Å²) in [6.45, 7) is 2.37. The van der Waals surface area contributed by atoms with Gasteiger partial charge in [-0.15, -0.1) is 0 Å². The maximum absolute atomic E-state index is 12.2. The van der Waals surface area contributed by atoms with Crippen molar-refractivity contribution in [2.24, 2.45) is 5.92 Å². The van der Waals surface area contributed by atoms with Crippen LogP contribution in [0, 0.1) is 5.92 Å². The van der Waals surface area contributed by atoms with E-state index in [1.165, 1.54) is 0 Å². The number of methoxy groups -OCH3 is 1. The van der Waals surface area contributed by atoms with Gasteiger partial charge in [-0.1, -0.05) is 11.6 Å². The molecule has 1 aromatic rings. The molecule has 1 aliphatic rings. The van der Waals surface area contributed by atoms with E-state index in [-0.39, 0.29) is 12.4 Å². The fraction of sp³-hybridized carbons (Fsp3) is 0.533. The number of hydrogen-bond donors (Lipinski definition) is 1. The van der Waals surface area contributed by atoms with Crippen LogP contribution in [-0.2, 0) is 0 Å². The second-order valence-electron chi connectivity index (χ2n) is 5.17. The number of ketones is 1. The lowest BCUT2D eigenvalue weighted by molar-refractivity contribution is 0.0864. The fourth-order valence-corrected chi connectivity index (χ4v) is 2.72. The zero-order chi connectivity index (χ0) is 14.5. The molecule has 0 spiro atoms. The number of nitrogens with zero attached hydrogens (tertiary/aromatic N) is 1. The Morgan fingerprint density at radius 1 is 1.45 bits per heavy atom. The van der Waals surface area contributed by atoms with Crippen molar-refractivity contribution in [2.75, 3.05) is 33.4 Å². The van der Waals surface area contributed by atoms with Crippen LogP contribution >= 0.6 is 11.6 Å². The minimum absolute atomic E-state index is 0.0667. The molecule has 0 aliphatic carbocycles. The molecule has 0 bridgehead atoms. The number of aliphatic hydroxyl groups excluding tert-OH is 1. The SMILES string of the molecule is COc1ccc(C(=O)CN2CCC(CO)CC2)cc1Cl. The number of likely N-dealkylation sites (tertiary alicyclic amines) is 1. The number of aliphatic hydroxyl groups is 1. The normalized spacial score (nSPS) is 17.1. The Morgan fingerprint density at radius 3 is 2.70 bits per heavy atom. The van der Waals surface area contributed by atoms with Crippen molar-refractivity contribution in [1.29, 1.82) is 0 Å². The first-order chi connectivity index (χ1) is 9.63. The molecule has 0 saturated carbocycles. The lowest BCUT2D eigenvalue weighted by Crippen LogP contribution is -2.38. The number of halogens is 1. The largest absolute Gasteiger partial charge is 0.495 e. The maximum atomic E-state index is 12.2. The lowest BCUT2D eigenvalue weighted by Gasteiger charge is -2.30. The predicted molar refractivity (Wildman–Crippen MR) is 78.6 cm³/mol. The molecule has 1 N–H and O–H groups in total. The average molecular weight is 298 g/mol. The molecule has 1 aromatic carbocycles. The minimum Gasteiger partial charge on any atom is -0.495 e. The molecule has 0 atom stereocenters. The van der Waals surface area contributed by atoms with E-state index < -0.39 is 0 Å². The topological polar surface area (TPSA) is 49.8 Å². The zero-order valence-corrected chi connectivity index (χ0v) is 12.4. The van der Waals surface area contributed by atoms with Crippen LogP contribution in [0.4, 0.5) is 0 Å². The third-order valence-corrected chi connectivity index (χ3v) is 4.10. The van der Waals surface area contributed by atoms with Gasteiger partial charge in [0, 0.05) is 12.2 Å². The second kappa shape index (κ2) is 7.07. The van der Waals surface area contributed by atoms with E-state index in [1.807, 2.05) is 0 Å². The summed E-state index contributed by atoms with van der Waals surface area (Å²) in [6.07, 6.45) is 1.90. The van der Waals surface area contributed by atoms with Gasteiger partial charge in [-0.25, -0.2) is 0 Å². The Labute approximate surface area is 124 Å². The Hall–Kier alpha value is -1.10. The number of rotatable bonds is 5. The maximum Gasteiger partial charge on any atom is 0.176 e. The van der Waals surface area contributed by atoms with Gasteiger partial charge in [-0.2, -0.15) is 0 Å². The molecule has 0 aromatic heterocycles. The zero-order valence-electron chi connectivity index (χ0n) is 11.6. The lowest BCUT2D eigenvalue weighted by atomic mass is 9.97. The van der Waals surface area contributed by atoms with E-state index in [0.717, 1.165) is 25.9 Å². The van der Waals surface area contributed by atoms with Crippen molar-refractivity contribution in [3.63, 3.8) is 0 Å². The minimum atomic E-state index is 0.0667. The van der Waals surface area contributed by atoms with Crippen LogP contribution in [0.3, 0.4) is 0 Å². The molecular weight excluding hydrogens is 278 g/mol. The molecule has 110 valence electrons. The van der Waals surface area contributed by atoms with E-state index in [4.69, 9.17) is 21.4 Å². The summed E-state index contributed by atoms with van der Waals surface area (Å²) < 4.78 is 5.08. The molecule has 4 nitrogen and oxygen atoms in total. The molecule has 2 rings (SSSR count). The van der Waals surface area contributed by atoms with Gasteiger partial charge in [0.2, 0.25) is 0 Å². The molecule has 5 heteroatoms. The first-order valence-corrected chi connectivity index (χ1v) is 7.21. The van der Waals surface area contributed by atoms with E-state index >= 15 is 0 Å². The smallest absolute Gasteiger partial charge is 0.176 e.